The van der Waals surface area contributed by atoms with E-state index in [2.05, 4.69) is 10.6 Å². The standard InChI is InChI=1S/C14H24N4O3.ClH/c1-4-14(5-2)12(20)18(13(21)16-14)9-11(19)17-7-6-15-8-10(17)3;/h10,15H,4-9H2,1-3H3,(H,16,21);1H/t10-;/m1./s1. The highest BCUT2D eigenvalue weighted by molar-refractivity contribution is 6.09. The maximum absolute atomic E-state index is 12.5. The predicted octanol–water partition coefficient (Wildman–Crippen LogP) is 0.339. The number of amides is 4. The Morgan fingerprint density at radius 3 is 2.45 bits per heavy atom. The van der Waals surface area contributed by atoms with E-state index in [4.69, 9.17) is 0 Å². The van der Waals surface area contributed by atoms with Crippen LogP contribution in [0.4, 0.5) is 4.79 Å². The molecule has 1 atom stereocenters. The highest BCUT2D eigenvalue weighted by atomic mass is 35.5. The van der Waals surface area contributed by atoms with Gasteiger partial charge in [-0.1, -0.05) is 13.8 Å². The molecule has 4 amide bonds. The topological polar surface area (TPSA) is 81.8 Å². The number of nitrogens with one attached hydrogen (secondary N) is 2. The first-order valence-electron chi connectivity index (χ1n) is 7.59. The van der Waals surface area contributed by atoms with Crippen LogP contribution >= 0.6 is 12.4 Å². The van der Waals surface area contributed by atoms with E-state index in [9.17, 15) is 14.4 Å². The van der Waals surface area contributed by atoms with E-state index in [0.717, 1.165) is 18.0 Å². The lowest BCUT2D eigenvalue weighted by Gasteiger charge is -2.34. The summed E-state index contributed by atoms with van der Waals surface area (Å²) in [6, 6.07) is -0.381. The third-order valence-corrected chi connectivity index (χ3v) is 4.57. The van der Waals surface area contributed by atoms with Crippen molar-refractivity contribution >= 4 is 30.3 Å². The molecule has 2 N–H and O–H groups in total. The number of carbonyl (C=O) groups excluding carboxylic acids is 3. The number of rotatable bonds is 4. The first-order valence-corrected chi connectivity index (χ1v) is 7.59. The Morgan fingerprint density at radius 2 is 1.95 bits per heavy atom. The van der Waals surface area contributed by atoms with Crippen LogP contribution in [-0.2, 0) is 9.59 Å². The average molecular weight is 333 g/mol. The van der Waals surface area contributed by atoms with E-state index in [1.807, 2.05) is 20.8 Å². The molecule has 0 bridgehead atoms. The van der Waals surface area contributed by atoms with Crippen molar-refractivity contribution in [3.8, 4) is 0 Å². The van der Waals surface area contributed by atoms with Gasteiger partial charge in [-0.05, 0) is 19.8 Å². The zero-order chi connectivity index (χ0) is 15.6. The monoisotopic (exact) mass is 332 g/mol. The maximum atomic E-state index is 12.5. The maximum Gasteiger partial charge on any atom is 0.325 e. The Morgan fingerprint density at radius 1 is 1.32 bits per heavy atom. The van der Waals surface area contributed by atoms with Gasteiger partial charge in [-0.3, -0.25) is 14.5 Å². The zero-order valence-electron chi connectivity index (χ0n) is 13.3. The van der Waals surface area contributed by atoms with Crippen molar-refractivity contribution in [2.45, 2.75) is 45.2 Å². The largest absolute Gasteiger partial charge is 0.336 e. The van der Waals surface area contributed by atoms with Crippen LogP contribution in [0.3, 0.4) is 0 Å². The van der Waals surface area contributed by atoms with Gasteiger partial charge in [0.2, 0.25) is 5.91 Å². The fourth-order valence-electron chi connectivity index (χ4n) is 2.99. The second-order valence-corrected chi connectivity index (χ2v) is 5.75. The normalized spacial score (nSPS) is 24.0. The van der Waals surface area contributed by atoms with Crippen LogP contribution in [0.2, 0.25) is 0 Å². The van der Waals surface area contributed by atoms with E-state index in [-0.39, 0.29) is 36.8 Å². The van der Waals surface area contributed by atoms with Gasteiger partial charge in [0.1, 0.15) is 12.1 Å². The van der Waals surface area contributed by atoms with E-state index in [1.165, 1.54) is 0 Å². The first kappa shape index (κ1) is 18.7. The second kappa shape index (κ2) is 7.28. The van der Waals surface area contributed by atoms with E-state index in [1.54, 1.807) is 4.90 Å². The average Bonchev–Trinajstić information content (AvgIpc) is 2.72. The van der Waals surface area contributed by atoms with Crippen LogP contribution in [0.25, 0.3) is 0 Å². The summed E-state index contributed by atoms with van der Waals surface area (Å²) in [5.41, 5.74) is -0.841. The third-order valence-electron chi connectivity index (χ3n) is 4.57. The predicted molar refractivity (Wildman–Crippen MR) is 84.9 cm³/mol. The summed E-state index contributed by atoms with van der Waals surface area (Å²) in [5, 5.41) is 5.95. The molecule has 0 radical (unpaired) electrons. The van der Waals surface area contributed by atoms with E-state index < -0.39 is 11.6 Å². The number of nitrogens with zero attached hydrogens (tertiary/aromatic N) is 2. The quantitative estimate of drug-likeness (QED) is 0.727. The molecule has 2 aliphatic heterocycles. The molecule has 8 heteroatoms. The van der Waals surface area contributed by atoms with Crippen LogP contribution in [0.1, 0.15) is 33.6 Å². The van der Waals surface area contributed by atoms with Gasteiger partial charge in [-0.2, -0.15) is 0 Å². The number of urea groups is 1. The van der Waals surface area contributed by atoms with Gasteiger partial charge in [-0.25, -0.2) is 4.79 Å². The summed E-state index contributed by atoms with van der Waals surface area (Å²) in [6.07, 6.45) is 1.06. The van der Waals surface area contributed by atoms with Gasteiger partial charge >= 0.3 is 6.03 Å². The Labute approximate surface area is 137 Å². The van der Waals surface area contributed by atoms with Crippen LogP contribution in [0, 0.1) is 0 Å². The molecular formula is C14H25ClN4O3. The molecule has 0 aromatic carbocycles. The van der Waals surface area contributed by atoms with Crippen molar-refractivity contribution in [1.29, 1.82) is 0 Å². The Kier molecular flexibility index (Phi) is 6.19. The highest BCUT2D eigenvalue weighted by Gasteiger charge is 2.49. The minimum Gasteiger partial charge on any atom is -0.336 e. The molecule has 2 saturated heterocycles. The number of carbonyl (C=O) groups is 3. The molecule has 0 spiro atoms. The number of halogens is 1. The van der Waals surface area contributed by atoms with Gasteiger partial charge in [-0.15, -0.1) is 12.4 Å². The van der Waals surface area contributed by atoms with Gasteiger partial charge in [0, 0.05) is 25.7 Å². The Bertz CT molecular complexity index is 453. The molecule has 0 aliphatic carbocycles. The smallest absolute Gasteiger partial charge is 0.325 e. The molecule has 0 aromatic heterocycles. The van der Waals surface area contributed by atoms with Crippen molar-refractivity contribution in [3.63, 3.8) is 0 Å². The molecule has 0 unspecified atom stereocenters. The minimum absolute atomic E-state index is 0. The first-order chi connectivity index (χ1) is 9.95. The number of hydrogen-bond donors (Lipinski definition) is 2. The number of hydrogen-bond acceptors (Lipinski definition) is 4. The molecule has 2 aliphatic rings. The van der Waals surface area contributed by atoms with Gasteiger partial charge < -0.3 is 15.5 Å². The molecule has 7 nitrogen and oxygen atoms in total. The summed E-state index contributed by atoms with van der Waals surface area (Å²) in [5.74, 6) is -0.454. The van der Waals surface area contributed by atoms with Gasteiger partial charge in [0.15, 0.2) is 0 Å². The fraction of sp³-hybridized carbons (Fsp3) is 0.786. The molecule has 2 rings (SSSR count). The SMILES string of the molecule is CCC1(CC)NC(=O)N(CC(=O)N2CCNC[C@H]2C)C1=O.Cl. The van der Waals surface area contributed by atoms with Gasteiger partial charge in [0.25, 0.3) is 5.91 Å². The molecule has 0 saturated carbocycles. The molecule has 126 valence electrons. The van der Waals surface area contributed by atoms with Crippen LogP contribution in [-0.4, -0.2) is 65.4 Å². The lowest BCUT2D eigenvalue weighted by atomic mass is 9.93. The van der Waals surface area contributed by atoms with E-state index in [0.29, 0.717) is 19.4 Å². The highest BCUT2D eigenvalue weighted by Crippen LogP contribution is 2.24. The third kappa shape index (κ3) is 3.20. The van der Waals surface area contributed by atoms with Crippen molar-refractivity contribution < 1.29 is 14.4 Å². The van der Waals surface area contributed by atoms with Crippen molar-refractivity contribution in [2.75, 3.05) is 26.2 Å². The molecular weight excluding hydrogens is 308 g/mol. The second-order valence-electron chi connectivity index (χ2n) is 5.75. The van der Waals surface area contributed by atoms with Crippen LogP contribution < -0.4 is 10.6 Å². The zero-order valence-corrected chi connectivity index (χ0v) is 14.2. The Hall–Kier alpha value is -1.34. The minimum atomic E-state index is -0.841. The summed E-state index contributed by atoms with van der Waals surface area (Å²) in [4.78, 5) is 39.6. The van der Waals surface area contributed by atoms with Crippen molar-refractivity contribution in [2.24, 2.45) is 0 Å². The summed E-state index contributed by atoms with van der Waals surface area (Å²) in [7, 11) is 0. The lowest BCUT2D eigenvalue weighted by molar-refractivity contribution is -0.140. The molecule has 2 fully saturated rings. The van der Waals surface area contributed by atoms with Crippen LogP contribution in [0.15, 0.2) is 0 Å². The van der Waals surface area contributed by atoms with Crippen molar-refractivity contribution in [1.82, 2.24) is 20.4 Å². The van der Waals surface area contributed by atoms with Crippen LogP contribution in [0.5, 0.6) is 0 Å². The lowest BCUT2D eigenvalue weighted by Crippen LogP contribution is -2.55. The molecule has 2 heterocycles. The molecule has 22 heavy (non-hydrogen) atoms. The Balaban J connectivity index is 0.00000242. The van der Waals surface area contributed by atoms with E-state index >= 15 is 0 Å². The van der Waals surface area contributed by atoms with Crippen molar-refractivity contribution in [3.05, 3.63) is 0 Å². The fourth-order valence-corrected chi connectivity index (χ4v) is 2.99. The molecule has 0 aromatic rings. The summed E-state index contributed by atoms with van der Waals surface area (Å²) >= 11 is 0. The number of imide groups is 1. The summed E-state index contributed by atoms with van der Waals surface area (Å²) < 4.78 is 0. The number of piperazine rings is 1. The van der Waals surface area contributed by atoms with Gasteiger partial charge in [0.05, 0.1) is 0 Å². The summed E-state index contributed by atoms with van der Waals surface area (Å²) in [6.45, 7) is 7.60.